The van der Waals surface area contributed by atoms with Crippen LogP contribution in [0.3, 0.4) is 0 Å². The van der Waals surface area contributed by atoms with Crippen molar-refractivity contribution in [3.63, 3.8) is 0 Å². The van der Waals surface area contributed by atoms with E-state index in [-0.39, 0.29) is 5.97 Å². The van der Waals surface area contributed by atoms with Crippen LogP contribution >= 0.6 is 11.3 Å². The van der Waals surface area contributed by atoms with Gasteiger partial charge < -0.3 is 14.8 Å². The lowest BCUT2D eigenvalue weighted by Gasteiger charge is -2.22. The van der Waals surface area contributed by atoms with E-state index in [0.29, 0.717) is 6.42 Å². The van der Waals surface area contributed by atoms with Crippen molar-refractivity contribution >= 4 is 17.3 Å². The Morgan fingerprint density at radius 3 is 2.89 bits per heavy atom. The third-order valence-electron chi connectivity index (χ3n) is 3.34. The molecule has 0 radical (unpaired) electrons. The fraction of sp³-hybridized carbons (Fsp3) is 0.643. The van der Waals surface area contributed by atoms with Gasteiger partial charge in [-0.05, 0) is 37.4 Å². The summed E-state index contributed by atoms with van der Waals surface area (Å²) in [5.74, 6) is 0.562. The first-order valence-corrected chi connectivity index (χ1v) is 7.52. The number of carbonyl (C=O) groups excluding carboxylic acids is 1. The number of methoxy groups -OCH3 is 1. The highest BCUT2D eigenvalue weighted by molar-refractivity contribution is 7.12. The van der Waals surface area contributed by atoms with Crippen LogP contribution in [0.1, 0.15) is 22.6 Å². The number of nitrogens with one attached hydrogen (secondary N) is 1. The Kier molecular flexibility index (Phi) is 5.82. The van der Waals surface area contributed by atoms with Crippen molar-refractivity contribution in [1.82, 2.24) is 5.32 Å². The second-order valence-corrected chi connectivity index (χ2v) is 6.06. The third-order valence-corrected chi connectivity index (χ3v) is 4.42. The lowest BCUT2D eigenvalue weighted by molar-refractivity contribution is -0.139. The minimum atomic E-state index is -0.177. The summed E-state index contributed by atoms with van der Waals surface area (Å²) < 4.78 is 10.0. The number of esters is 1. The third kappa shape index (κ3) is 4.93. The first-order valence-electron chi connectivity index (χ1n) is 6.71. The summed E-state index contributed by atoms with van der Waals surface area (Å²) in [4.78, 5) is 13.5. The Bertz CT molecular complexity index is 399. The summed E-state index contributed by atoms with van der Waals surface area (Å²) in [5, 5.41) is 3.49. The smallest absolute Gasteiger partial charge is 0.310 e. The normalized spacial score (nSPS) is 16.5. The van der Waals surface area contributed by atoms with E-state index in [1.807, 2.05) is 6.07 Å². The molecule has 106 valence electrons. The van der Waals surface area contributed by atoms with Crippen molar-refractivity contribution in [1.29, 1.82) is 0 Å². The second-order valence-electron chi connectivity index (χ2n) is 4.81. The van der Waals surface area contributed by atoms with Gasteiger partial charge in [-0.1, -0.05) is 0 Å². The van der Waals surface area contributed by atoms with Gasteiger partial charge in [0.2, 0.25) is 0 Å². The highest BCUT2D eigenvalue weighted by atomic mass is 32.1. The molecule has 0 aliphatic carbocycles. The number of ether oxygens (including phenoxy) is 2. The summed E-state index contributed by atoms with van der Waals surface area (Å²) in [5.41, 5.74) is 0. The lowest BCUT2D eigenvalue weighted by atomic mass is 10.0. The van der Waals surface area contributed by atoms with Crippen LogP contribution in [0.15, 0.2) is 12.1 Å². The molecule has 4 nitrogen and oxygen atoms in total. The summed E-state index contributed by atoms with van der Waals surface area (Å²) >= 11 is 1.68. The molecule has 0 unspecified atom stereocenters. The van der Waals surface area contributed by atoms with Gasteiger partial charge in [-0.2, -0.15) is 0 Å². The van der Waals surface area contributed by atoms with Crippen LogP contribution in [0, 0.1) is 5.92 Å². The molecule has 1 aliphatic rings. The summed E-state index contributed by atoms with van der Waals surface area (Å²) in [6.45, 7) is 3.72. The minimum Gasteiger partial charge on any atom is -0.469 e. The number of carbonyl (C=O) groups is 1. The van der Waals surface area contributed by atoms with Crippen LogP contribution in [-0.4, -0.2) is 32.8 Å². The summed E-state index contributed by atoms with van der Waals surface area (Å²) in [6, 6.07) is 4.09. The Balaban J connectivity index is 1.69. The van der Waals surface area contributed by atoms with E-state index in [9.17, 15) is 4.79 Å². The van der Waals surface area contributed by atoms with E-state index in [1.165, 1.54) is 12.0 Å². The molecule has 1 aliphatic heterocycles. The fourth-order valence-electron chi connectivity index (χ4n) is 2.18. The predicted octanol–water partition coefficient (Wildman–Crippen LogP) is 1.98. The molecule has 1 N–H and O–H groups in total. The highest BCUT2D eigenvalue weighted by Gasteiger charge is 2.13. The van der Waals surface area contributed by atoms with E-state index in [1.54, 1.807) is 11.3 Å². The van der Waals surface area contributed by atoms with E-state index >= 15 is 0 Å². The Hall–Kier alpha value is -0.910. The van der Waals surface area contributed by atoms with Crippen LogP contribution in [-0.2, 0) is 27.2 Å². The Labute approximate surface area is 118 Å². The van der Waals surface area contributed by atoms with Gasteiger partial charge in [-0.3, -0.25) is 4.79 Å². The number of hydrogen-bond acceptors (Lipinski definition) is 5. The molecule has 1 aromatic rings. The van der Waals surface area contributed by atoms with Crippen LogP contribution in [0.25, 0.3) is 0 Å². The molecule has 2 heterocycles. The molecule has 1 aromatic heterocycles. The van der Waals surface area contributed by atoms with E-state index in [0.717, 1.165) is 49.9 Å². The van der Waals surface area contributed by atoms with Crippen LogP contribution in [0.4, 0.5) is 0 Å². The number of thiophene rings is 1. The summed E-state index contributed by atoms with van der Waals surface area (Å²) in [6.07, 6.45) is 2.69. The highest BCUT2D eigenvalue weighted by Crippen LogP contribution is 2.18. The molecule has 2 rings (SSSR count). The maximum Gasteiger partial charge on any atom is 0.310 e. The van der Waals surface area contributed by atoms with Crippen LogP contribution in [0.5, 0.6) is 0 Å². The van der Waals surface area contributed by atoms with Gasteiger partial charge in [-0.25, -0.2) is 0 Å². The maximum atomic E-state index is 11.2. The van der Waals surface area contributed by atoms with Crippen molar-refractivity contribution < 1.29 is 14.3 Å². The molecule has 0 saturated carbocycles. The van der Waals surface area contributed by atoms with E-state index in [4.69, 9.17) is 4.74 Å². The molecule has 0 bridgehead atoms. The van der Waals surface area contributed by atoms with Crippen molar-refractivity contribution in [3.8, 4) is 0 Å². The first-order chi connectivity index (χ1) is 9.28. The standard InChI is InChI=1S/C14H21NO3S/c1-17-14(16)8-12-2-3-13(19-12)10-15-9-11-4-6-18-7-5-11/h2-3,11,15H,4-10H2,1H3. The zero-order valence-electron chi connectivity index (χ0n) is 11.3. The molecule has 1 saturated heterocycles. The molecule has 0 atom stereocenters. The van der Waals surface area contributed by atoms with Gasteiger partial charge in [-0.15, -0.1) is 11.3 Å². The molecule has 1 fully saturated rings. The van der Waals surface area contributed by atoms with Gasteiger partial charge >= 0.3 is 5.97 Å². The van der Waals surface area contributed by atoms with Crippen molar-refractivity contribution in [2.24, 2.45) is 5.92 Å². The number of rotatable bonds is 6. The van der Waals surface area contributed by atoms with Crippen molar-refractivity contribution in [2.75, 3.05) is 26.9 Å². The first kappa shape index (κ1) is 14.5. The Morgan fingerprint density at radius 1 is 1.42 bits per heavy atom. The zero-order valence-corrected chi connectivity index (χ0v) is 12.1. The predicted molar refractivity (Wildman–Crippen MR) is 75.3 cm³/mol. The van der Waals surface area contributed by atoms with Gasteiger partial charge in [0.25, 0.3) is 0 Å². The molecule has 0 spiro atoms. The van der Waals surface area contributed by atoms with Crippen LogP contribution < -0.4 is 5.32 Å². The monoisotopic (exact) mass is 283 g/mol. The SMILES string of the molecule is COC(=O)Cc1ccc(CNCC2CCOCC2)s1. The lowest BCUT2D eigenvalue weighted by Crippen LogP contribution is -2.27. The summed E-state index contributed by atoms with van der Waals surface area (Å²) in [7, 11) is 1.42. The molecular weight excluding hydrogens is 262 g/mol. The van der Waals surface area contributed by atoms with Crippen LogP contribution in [0.2, 0.25) is 0 Å². The second kappa shape index (κ2) is 7.62. The van der Waals surface area contributed by atoms with Gasteiger partial charge in [0.1, 0.15) is 0 Å². The molecule has 19 heavy (non-hydrogen) atoms. The van der Waals surface area contributed by atoms with Gasteiger partial charge in [0.15, 0.2) is 0 Å². The quantitative estimate of drug-likeness (QED) is 0.811. The topological polar surface area (TPSA) is 47.6 Å². The van der Waals surface area contributed by atoms with Crippen molar-refractivity contribution in [3.05, 3.63) is 21.9 Å². The molecular formula is C14H21NO3S. The number of hydrogen-bond donors (Lipinski definition) is 1. The minimum absolute atomic E-state index is 0.177. The van der Waals surface area contributed by atoms with E-state index < -0.39 is 0 Å². The van der Waals surface area contributed by atoms with E-state index in [2.05, 4.69) is 16.1 Å². The Morgan fingerprint density at radius 2 is 2.16 bits per heavy atom. The fourth-order valence-corrected chi connectivity index (χ4v) is 3.15. The largest absolute Gasteiger partial charge is 0.469 e. The average Bonchev–Trinajstić information content (AvgIpc) is 2.87. The van der Waals surface area contributed by atoms with Gasteiger partial charge in [0.05, 0.1) is 13.5 Å². The average molecular weight is 283 g/mol. The maximum absolute atomic E-state index is 11.2. The van der Waals surface area contributed by atoms with Gasteiger partial charge in [0, 0.05) is 29.5 Å². The molecule has 5 heteroatoms. The van der Waals surface area contributed by atoms with Crippen molar-refractivity contribution in [2.45, 2.75) is 25.8 Å². The molecule has 0 aromatic carbocycles. The molecule has 0 amide bonds. The zero-order chi connectivity index (χ0) is 13.5.